The van der Waals surface area contributed by atoms with Gasteiger partial charge in [-0.2, -0.15) is 0 Å². The van der Waals surface area contributed by atoms with E-state index >= 15 is 0 Å². The third kappa shape index (κ3) is 2.62. The second kappa shape index (κ2) is 2.54. The van der Waals surface area contributed by atoms with Gasteiger partial charge in [-0.15, -0.1) is 9.24 Å². The molecule has 0 heterocycles. The van der Waals surface area contributed by atoms with Crippen LogP contribution in [0.4, 0.5) is 0 Å². The van der Waals surface area contributed by atoms with Gasteiger partial charge < -0.3 is 5.11 Å². The van der Waals surface area contributed by atoms with Crippen molar-refractivity contribution in [3.05, 3.63) is 0 Å². The standard InChI is InChI=1S/C4H11OP/c1-3(5)4(2)6/h3-5H,6H2,1-2H3. The molecule has 6 heavy (non-hydrogen) atoms. The van der Waals surface area contributed by atoms with Gasteiger partial charge in [-0.05, 0) is 12.6 Å². The van der Waals surface area contributed by atoms with Crippen molar-refractivity contribution >= 4 is 9.24 Å². The fraction of sp³-hybridized carbons (Fsp3) is 1.00. The fourth-order valence-corrected chi connectivity index (χ4v) is 0. The SMILES string of the molecule is CC(O)C(C)P. The zero-order chi connectivity index (χ0) is 5.15. The summed E-state index contributed by atoms with van der Waals surface area (Å²) in [5, 5.41) is 8.61. The first-order valence-corrected chi connectivity index (χ1v) is 2.75. The molecule has 0 saturated carbocycles. The van der Waals surface area contributed by atoms with Gasteiger partial charge in [0.25, 0.3) is 0 Å². The van der Waals surface area contributed by atoms with E-state index in [0.29, 0.717) is 5.66 Å². The Hall–Kier alpha value is 0.390. The van der Waals surface area contributed by atoms with E-state index in [9.17, 15) is 0 Å². The second-order valence-electron chi connectivity index (χ2n) is 1.60. The molecular formula is C4H11OP. The van der Waals surface area contributed by atoms with E-state index < -0.39 is 0 Å². The Kier molecular flexibility index (Phi) is 2.71. The van der Waals surface area contributed by atoms with Gasteiger partial charge in [0.2, 0.25) is 0 Å². The average molecular weight is 106 g/mol. The van der Waals surface area contributed by atoms with Crippen molar-refractivity contribution in [2.45, 2.75) is 25.6 Å². The molecule has 0 aromatic carbocycles. The van der Waals surface area contributed by atoms with Gasteiger partial charge in [0, 0.05) is 0 Å². The zero-order valence-corrected chi connectivity index (χ0v) is 5.33. The molecule has 3 unspecified atom stereocenters. The molecule has 0 bridgehead atoms. The highest BCUT2D eigenvalue weighted by molar-refractivity contribution is 7.17. The fourth-order valence-electron chi connectivity index (χ4n) is 0. The van der Waals surface area contributed by atoms with E-state index in [4.69, 9.17) is 5.11 Å². The molecule has 0 aromatic rings. The van der Waals surface area contributed by atoms with Crippen LogP contribution < -0.4 is 0 Å². The van der Waals surface area contributed by atoms with Gasteiger partial charge in [-0.25, -0.2) is 0 Å². The summed E-state index contributed by atoms with van der Waals surface area (Å²) < 4.78 is 0. The predicted molar refractivity (Wildman–Crippen MR) is 30.9 cm³/mol. The molecule has 2 heteroatoms. The molecule has 0 rings (SSSR count). The lowest BCUT2D eigenvalue weighted by molar-refractivity contribution is 0.196. The van der Waals surface area contributed by atoms with Gasteiger partial charge in [-0.3, -0.25) is 0 Å². The van der Waals surface area contributed by atoms with Crippen molar-refractivity contribution in [1.82, 2.24) is 0 Å². The molecule has 0 spiro atoms. The Morgan fingerprint density at radius 2 is 1.67 bits per heavy atom. The van der Waals surface area contributed by atoms with Crippen LogP contribution in [0.1, 0.15) is 13.8 Å². The summed E-state index contributed by atoms with van der Waals surface area (Å²) in [6.45, 7) is 3.73. The Labute approximate surface area is 41.0 Å². The molecule has 0 aliphatic carbocycles. The first-order chi connectivity index (χ1) is 2.64. The quantitative estimate of drug-likeness (QED) is 0.486. The Morgan fingerprint density at radius 3 is 1.67 bits per heavy atom. The van der Waals surface area contributed by atoms with Crippen LogP contribution in [0.15, 0.2) is 0 Å². The van der Waals surface area contributed by atoms with Crippen LogP contribution in [-0.2, 0) is 0 Å². The Morgan fingerprint density at radius 1 is 1.50 bits per heavy atom. The molecule has 0 radical (unpaired) electrons. The highest BCUT2D eigenvalue weighted by Gasteiger charge is 1.97. The molecule has 1 N–H and O–H groups in total. The lowest BCUT2D eigenvalue weighted by Gasteiger charge is -2.04. The summed E-state index contributed by atoms with van der Waals surface area (Å²) in [5.74, 6) is 0. The van der Waals surface area contributed by atoms with Gasteiger partial charge in [0.05, 0.1) is 6.10 Å². The largest absolute Gasteiger partial charge is 0.393 e. The van der Waals surface area contributed by atoms with E-state index in [1.807, 2.05) is 6.92 Å². The van der Waals surface area contributed by atoms with E-state index in [2.05, 4.69) is 9.24 Å². The molecule has 0 fully saturated rings. The average Bonchev–Trinajstić information content (AvgIpc) is 1.36. The molecule has 0 aliphatic heterocycles. The van der Waals surface area contributed by atoms with Crippen molar-refractivity contribution < 1.29 is 5.11 Å². The maximum Gasteiger partial charge on any atom is 0.0571 e. The highest BCUT2D eigenvalue weighted by Crippen LogP contribution is 2.01. The zero-order valence-electron chi connectivity index (χ0n) is 4.18. The van der Waals surface area contributed by atoms with Crippen LogP contribution in [0.2, 0.25) is 0 Å². The number of hydrogen-bond donors (Lipinski definition) is 1. The summed E-state index contributed by atoms with van der Waals surface area (Å²) >= 11 is 0. The van der Waals surface area contributed by atoms with E-state index in [1.165, 1.54) is 0 Å². The minimum atomic E-state index is -0.185. The van der Waals surface area contributed by atoms with E-state index in [0.717, 1.165) is 0 Å². The topological polar surface area (TPSA) is 20.2 Å². The third-order valence-electron chi connectivity index (χ3n) is 0.761. The minimum absolute atomic E-state index is 0.185. The summed E-state index contributed by atoms with van der Waals surface area (Å²) in [5.41, 5.74) is 0.324. The van der Waals surface area contributed by atoms with Crippen molar-refractivity contribution in [3.63, 3.8) is 0 Å². The van der Waals surface area contributed by atoms with Crippen molar-refractivity contribution in [3.8, 4) is 0 Å². The number of aliphatic hydroxyl groups excluding tert-OH is 1. The Bertz CT molecular complexity index is 28.5. The molecule has 0 saturated heterocycles. The van der Waals surface area contributed by atoms with Crippen LogP contribution >= 0.6 is 9.24 Å². The molecule has 1 nitrogen and oxygen atoms in total. The van der Waals surface area contributed by atoms with Crippen molar-refractivity contribution in [1.29, 1.82) is 0 Å². The summed E-state index contributed by atoms with van der Waals surface area (Å²) in [6, 6.07) is 0. The molecular weight excluding hydrogens is 95.0 g/mol. The maximum atomic E-state index is 8.61. The molecule has 0 amide bonds. The van der Waals surface area contributed by atoms with E-state index in [1.54, 1.807) is 6.92 Å². The lowest BCUT2D eigenvalue weighted by atomic mass is 10.3. The lowest BCUT2D eigenvalue weighted by Crippen LogP contribution is -2.10. The monoisotopic (exact) mass is 106 g/mol. The summed E-state index contributed by atoms with van der Waals surface area (Å²) in [6.07, 6.45) is -0.185. The van der Waals surface area contributed by atoms with Gasteiger partial charge in [0.15, 0.2) is 0 Å². The van der Waals surface area contributed by atoms with Gasteiger partial charge >= 0.3 is 0 Å². The van der Waals surface area contributed by atoms with Crippen LogP contribution in [0.3, 0.4) is 0 Å². The maximum absolute atomic E-state index is 8.61. The predicted octanol–water partition coefficient (Wildman–Crippen LogP) is 0.631. The van der Waals surface area contributed by atoms with Crippen LogP contribution in [0, 0.1) is 0 Å². The summed E-state index contributed by atoms with van der Waals surface area (Å²) in [7, 11) is 2.52. The molecule has 3 atom stereocenters. The van der Waals surface area contributed by atoms with Crippen molar-refractivity contribution in [2.75, 3.05) is 0 Å². The third-order valence-corrected chi connectivity index (χ3v) is 1.32. The number of rotatable bonds is 1. The minimum Gasteiger partial charge on any atom is -0.393 e. The van der Waals surface area contributed by atoms with Crippen molar-refractivity contribution in [2.24, 2.45) is 0 Å². The summed E-state index contributed by atoms with van der Waals surface area (Å²) in [4.78, 5) is 0. The first-order valence-electron chi connectivity index (χ1n) is 2.08. The second-order valence-corrected chi connectivity index (χ2v) is 2.65. The Balaban J connectivity index is 2.99. The molecule has 0 aromatic heterocycles. The highest BCUT2D eigenvalue weighted by atomic mass is 31.0. The molecule has 0 aliphatic rings. The van der Waals surface area contributed by atoms with Crippen LogP contribution in [-0.4, -0.2) is 16.9 Å². The van der Waals surface area contributed by atoms with E-state index in [-0.39, 0.29) is 6.10 Å². The number of aliphatic hydroxyl groups is 1. The number of hydrogen-bond acceptors (Lipinski definition) is 1. The van der Waals surface area contributed by atoms with Crippen LogP contribution in [0.25, 0.3) is 0 Å². The van der Waals surface area contributed by atoms with Gasteiger partial charge in [0.1, 0.15) is 0 Å². The normalized spacial score (nSPS) is 20.0. The van der Waals surface area contributed by atoms with Gasteiger partial charge in [-0.1, -0.05) is 6.92 Å². The van der Waals surface area contributed by atoms with Crippen LogP contribution in [0.5, 0.6) is 0 Å². The molecule has 38 valence electrons. The smallest absolute Gasteiger partial charge is 0.0571 e. The first kappa shape index (κ1) is 6.39.